The number of amides is 1. The number of carbonyl (C=O) groups is 1. The molecule has 1 amide bonds. The highest BCUT2D eigenvalue weighted by Gasteiger charge is 2.15. The number of carbonyl (C=O) groups excluding carboxylic acids is 1. The molecular formula is C19H27NO5. The number of ether oxygens (including phenoxy) is 1. The number of hydroxylamine groups is 1. The maximum Gasteiger partial charge on any atom is 0.267 e. The first-order valence-electron chi connectivity index (χ1n) is 8.28. The summed E-state index contributed by atoms with van der Waals surface area (Å²) in [6.45, 7) is 3.97. The van der Waals surface area contributed by atoms with E-state index in [-0.39, 0.29) is 19.1 Å². The van der Waals surface area contributed by atoms with E-state index in [2.05, 4.69) is 0 Å². The Morgan fingerprint density at radius 3 is 2.60 bits per heavy atom. The second kappa shape index (κ2) is 11.4. The lowest BCUT2D eigenvalue weighted by Crippen LogP contribution is -2.15. The van der Waals surface area contributed by atoms with Crippen molar-refractivity contribution in [3.8, 4) is 5.75 Å². The molecule has 1 rings (SSSR count). The molecule has 0 unspecified atom stereocenters. The van der Waals surface area contributed by atoms with Gasteiger partial charge in [0.05, 0.1) is 12.7 Å². The van der Waals surface area contributed by atoms with Crippen molar-refractivity contribution in [3.63, 3.8) is 0 Å². The molecule has 0 bridgehead atoms. The number of aliphatic hydroxyl groups is 2. The zero-order valence-electron chi connectivity index (χ0n) is 14.7. The van der Waals surface area contributed by atoms with Gasteiger partial charge in [0.1, 0.15) is 12.4 Å². The molecule has 0 aromatic heterocycles. The van der Waals surface area contributed by atoms with Crippen molar-refractivity contribution in [1.82, 2.24) is 5.48 Å². The average molecular weight is 349 g/mol. The highest BCUT2D eigenvalue weighted by atomic mass is 16.5. The van der Waals surface area contributed by atoms with Crippen LogP contribution in [0.25, 0.3) is 0 Å². The fourth-order valence-corrected chi connectivity index (χ4v) is 2.33. The Morgan fingerprint density at radius 2 is 2.00 bits per heavy atom. The van der Waals surface area contributed by atoms with Crippen LogP contribution < -0.4 is 10.2 Å². The zero-order valence-corrected chi connectivity index (χ0v) is 14.7. The van der Waals surface area contributed by atoms with Crippen molar-refractivity contribution in [2.24, 2.45) is 5.92 Å². The van der Waals surface area contributed by atoms with Gasteiger partial charge in [-0.3, -0.25) is 10.0 Å². The summed E-state index contributed by atoms with van der Waals surface area (Å²) in [4.78, 5) is 11.0. The van der Waals surface area contributed by atoms with Gasteiger partial charge in [0.2, 0.25) is 0 Å². The molecule has 0 aliphatic rings. The zero-order chi connectivity index (χ0) is 18.7. The summed E-state index contributed by atoms with van der Waals surface area (Å²) in [7, 11) is 0. The summed E-state index contributed by atoms with van der Waals surface area (Å²) in [6, 6.07) is 7.20. The normalized spacial score (nSPS) is 14.4. The minimum absolute atomic E-state index is 0.0335. The van der Waals surface area contributed by atoms with Crippen molar-refractivity contribution in [3.05, 3.63) is 53.6 Å². The molecule has 2 atom stereocenters. The van der Waals surface area contributed by atoms with Crippen LogP contribution in [-0.2, 0) is 4.79 Å². The summed E-state index contributed by atoms with van der Waals surface area (Å²) < 4.78 is 5.30. The van der Waals surface area contributed by atoms with Crippen LogP contribution in [-0.4, -0.2) is 34.5 Å². The van der Waals surface area contributed by atoms with Crippen LogP contribution in [0.2, 0.25) is 0 Å². The number of hydrogen-bond acceptors (Lipinski definition) is 5. The van der Waals surface area contributed by atoms with Crippen molar-refractivity contribution in [2.75, 3.05) is 13.2 Å². The number of nitrogens with one attached hydrogen (secondary N) is 1. The highest BCUT2D eigenvalue weighted by Crippen LogP contribution is 2.27. The van der Waals surface area contributed by atoms with E-state index in [1.807, 2.05) is 31.2 Å². The molecule has 0 saturated heterocycles. The number of hydrogen-bond donors (Lipinski definition) is 4. The lowest BCUT2D eigenvalue weighted by Gasteiger charge is -2.19. The van der Waals surface area contributed by atoms with Gasteiger partial charge < -0.3 is 14.9 Å². The van der Waals surface area contributed by atoms with Gasteiger partial charge in [0.15, 0.2) is 0 Å². The van der Waals surface area contributed by atoms with E-state index in [0.29, 0.717) is 5.75 Å². The molecule has 1 aromatic carbocycles. The molecule has 25 heavy (non-hydrogen) atoms. The van der Waals surface area contributed by atoms with E-state index < -0.39 is 12.0 Å². The molecule has 0 spiro atoms. The summed E-state index contributed by atoms with van der Waals surface area (Å²) in [5.41, 5.74) is 3.11. The fourth-order valence-electron chi connectivity index (χ4n) is 2.33. The Hall–Kier alpha value is -2.15. The van der Waals surface area contributed by atoms with Gasteiger partial charge in [-0.15, -0.1) is 0 Å². The number of aliphatic hydroxyl groups excluding tert-OH is 2. The molecule has 0 aliphatic heterocycles. The Morgan fingerprint density at radius 1 is 1.32 bits per heavy atom. The summed E-state index contributed by atoms with van der Waals surface area (Å²) >= 11 is 0. The third kappa shape index (κ3) is 7.98. The molecule has 4 N–H and O–H groups in total. The van der Waals surface area contributed by atoms with Gasteiger partial charge in [-0.1, -0.05) is 31.2 Å². The lowest BCUT2D eigenvalue weighted by atomic mass is 9.93. The largest absolute Gasteiger partial charge is 0.491 e. The van der Waals surface area contributed by atoms with Crippen LogP contribution in [0.5, 0.6) is 5.75 Å². The third-order valence-corrected chi connectivity index (χ3v) is 3.76. The highest BCUT2D eigenvalue weighted by molar-refractivity contribution is 5.87. The lowest BCUT2D eigenvalue weighted by molar-refractivity contribution is -0.124. The minimum Gasteiger partial charge on any atom is -0.491 e. The van der Waals surface area contributed by atoms with Crippen LogP contribution in [0, 0.1) is 5.92 Å². The van der Waals surface area contributed by atoms with Crippen LogP contribution >= 0.6 is 0 Å². The molecule has 0 aliphatic carbocycles. The van der Waals surface area contributed by atoms with Gasteiger partial charge >= 0.3 is 0 Å². The third-order valence-electron chi connectivity index (χ3n) is 3.76. The van der Waals surface area contributed by atoms with Crippen molar-refractivity contribution in [1.29, 1.82) is 0 Å². The minimum atomic E-state index is -0.572. The van der Waals surface area contributed by atoms with Crippen molar-refractivity contribution < 1.29 is 25.0 Å². The maximum atomic E-state index is 11.0. The van der Waals surface area contributed by atoms with Crippen LogP contribution in [0.15, 0.2) is 48.1 Å². The van der Waals surface area contributed by atoms with Gasteiger partial charge in [-0.05, 0) is 49.0 Å². The van der Waals surface area contributed by atoms with Gasteiger partial charge in [-0.25, -0.2) is 5.48 Å². The molecule has 0 heterocycles. The van der Waals surface area contributed by atoms with Gasteiger partial charge in [-0.2, -0.15) is 0 Å². The molecule has 6 nitrogen and oxygen atoms in total. The molecule has 1 aromatic rings. The summed E-state index contributed by atoms with van der Waals surface area (Å²) in [5, 5.41) is 27.6. The number of benzene rings is 1. The second-order valence-corrected chi connectivity index (χ2v) is 5.91. The molecular weight excluding hydrogens is 322 g/mol. The first-order chi connectivity index (χ1) is 12.0. The van der Waals surface area contributed by atoms with E-state index in [0.717, 1.165) is 24.0 Å². The molecule has 0 fully saturated rings. The van der Waals surface area contributed by atoms with Crippen molar-refractivity contribution >= 4 is 5.91 Å². The fraction of sp³-hybridized carbons (Fsp3) is 0.421. The van der Waals surface area contributed by atoms with E-state index in [1.165, 1.54) is 6.08 Å². The topological polar surface area (TPSA) is 99.0 Å². The Bertz CT molecular complexity index is 580. The average Bonchev–Trinajstić information content (AvgIpc) is 2.63. The first kappa shape index (κ1) is 20.9. The standard InChI is InChI=1S/C19H27NO5/c1-14(13-18(22)20-24)5-3-4-6-15(2)19(23)16-7-9-17(10-8-16)25-12-11-21/h3,5,7-10,13,15,19,21,23-24H,4,6,11-12H2,1-2H3,(H,20,22)/b5-3+,14-13+/t15-,19+/m1/s1. The Labute approximate surface area is 148 Å². The van der Waals surface area contributed by atoms with Gasteiger partial charge in [0.25, 0.3) is 5.91 Å². The SMILES string of the molecule is CC(/C=C/CC[C@@H](C)[C@H](O)c1ccc(OCCO)cc1)=C\C(=O)NO. The summed E-state index contributed by atoms with van der Waals surface area (Å²) in [6.07, 6.45) is 6.03. The maximum absolute atomic E-state index is 11.0. The van der Waals surface area contributed by atoms with Crippen LogP contribution in [0.4, 0.5) is 0 Å². The van der Waals surface area contributed by atoms with E-state index in [1.54, 1.807) is 24.5 Å². The monoisotopic (exact) mass is 349 g/mol. The van der Waals surface area contributed by atoms with Crippen LogP contribution in [0.1, 0.15) is 38.4 Å². The Kier molecular flexibility index (Phi) is 9.54. The van der Waals surface area contributed by atoms with E-state index >= 15 is 0 Å². The van der Waals surface area contributed by atoms with E-state index in [9.17, 15) is 9.90 Å². The Balaban J connectivity index is 2.47. The van der Waals surface area contributed by atoms with Crippen LogP contribution in [0.3, 0.4) is 0 Å². The molecule has 0 radical (unpaired) electrons. The molecule has 6 heteroatoms. The van der Waals surface area contributed by atoms with Gasteiger partial charge in [0, 0.05) is 6.08 Å². The molecule has 138 valence electrons. The predicted octanol–water partition coefficient (Wildman–Crippen LogP) is 2.52. The number of rotatable bonds is 10. The number of allylic oxidation sites excluding steroid dienone is 3. The second-order valence-electron chi connectivity index (χ2n) is 5.91. The molecule has 0 saturated carbocycles. The first-order valence-corrected chi connectivity index (χ1v) is 8.28. The smallest absolute Gasteiger partial charge is 0.267 e. The van der Waals surface area contributed by atoms with Crippen molar-refractivity contribution in [2.45, 2.75) is 32.8 Å². The summed E-state index contributed by atoms with van der Waals surface area (Å²) in [5.74, 6) is 0.172. The quantitative estimate of drug-likeness (QED) is 0.225. The predicted molar refractivity (Wildman–Crippen MR) is 95.2 cm³/mol. The van der Waals surface area contributed by atoms with E-state index in [4.69, 9.17) is 15.1 Å².